The van der Waals surface area contributed by atoms with Crippen LogP contribution in [0.15, 0.2) is 48.8 Å². The summed E-state index contributed by atoms with van der Waals surface area (Å²) in [6, 6.07) is 13.7. The summed E-state index contributed by atoms with van der Waals surface area (Å²) in [4.78, 5) is 8.61. The summed E-state index contributed by atoms with van der Waals surface area (Å²) in [5.41, 5.74) is 4.11. The Hall–Kier alpha value is -3.61. The van der Waals surface area contributed by atoms with Gasteiger partial charge in [0.25, 0.3) is 5.78 Å². The average Bonchev–Trinajstić information content (AvgIpc) is 3.21. The highest BCUT2D eigenvalue weighted by molar-refractivity contribution is 5.52. The third-order valence-corrected chi connectivity index (χ3v) is 5.22. The predicted molar refractivity (Wildman–Crippen MR) is 117 cm³/mol. The minimum atomic E-state index is 0.510. The standard InChI is InChI=1S/C23H25N5O2/c1-15-16(2)21(30-19-8-6-5-7-9-19)11-10-20(15)29-13-12-24-22-17(3)18(4)27-23-25-14-26-28(22)23/h5-11,14,24H,12-13H2,1-4H3. The summed E-state index contributed by atoms with van der Waals surface area (Å²) in [6.45, 7) is 9.22. The normalized spacial score (nSPS) is 10.9. The van der Waals surface area contributed by atoms with Crippen molar-refractivity contribution in [3.63, 3.8) is 0 Å². The Labute approximate surface area is 175 Å². The van der Waals surface area contributed by atoms with Crippen molar-refractivity contribution in [1.82, 2.24) is 19.6 Å². The molecule has 0 amide bonds. The zero-order valence-electron chi connectivity index (χ0n) is 17.6. The number of para-hydroxylation sites is 1. The van der Waals surface area contributed by atoms with E-state index in [4.69, 9.17) is 9.47 Å². The van der Waals surface area contributed by atoms with Crippen LogP contribution in [0.2, 0.25) is 0 Å². The lowest BCUT2D eigenvalue weighted by Crippen LogP contribution is -2.16. The number of aromatic nitrogens is 4. The van der Waals surface area contributed by atoms with Crippen LogP contribution in [0.4, 0.5) is 5.82 Å². The molecular weight excluding hydrogens is 378 g/mol. The molecule has 0 saturated heterocycles. The van der Waals surface area contributed by atoms with E-state index in [1.165, 1.54) is 6.33 Å². The minimum absolute atomic E-state index is 0.510. The number of aryl methyl sites for hydroxylation is 1. The molecule has 0 bridgehead atoms. The van der Waals surface area contributed by atoms with Gasteiger partial charge in [0.05, 0.1) is 6.54 Å². The molecule has 0 unspecified atom stereocenters. The molecule has 1 N–H and O–H groups in total. The van der Waals surface area contributed by atoms with E-state index in [2.05, 4.69) is 20.4 Å². The number of rotatable bonds is 7. The largest absolute Gasteiger partial charge is 0.491 e. The molecule has 4 rings (SSSR count). The molecule has 0 radical (unpaired) electrons. The summed E-state index contributed by atoms with van der Waals surface area (Å²) in [5.74, 6) is 3.98. The summed E-state index contributed by atoms with van der Waals surface area (Å²) in [7, 11) is 0. The molecule has 0 fully saturated rings. The van der Waals surface area contributed by atoms with Gasteiger partial charge in [0, 0.05) is 11.3 Å². The molecule has 0 spiro atoms. The zero-order chi connectivity index (χ0) is 21.1. The average molecular weight is 403 g/mol. The molecule has 0 aliphatic rings. The van der Waals surface area contributed by atoms with Crippen molar-refractivity contribution in [2.24, 2.45) is 0 Å². The Morgan fingerprint density at radius 1 is 0.900 bits per heavy atom. The van der Waals surface area contributed by atoms with Gasteiger partial charge in [-0.25, -0.2) is 4.98 Å². The fraction of sp³-hybridized carbons (Fsp3) is 0.261. The van der Waals surface area contributed by atoms with Gasteiger partial charge in [-0.3, -0.25) is 0 Å². The number of hydrogen-bond acceptors (Lipinski definition) is 6. The van der Waals surface area contributed by atoms with Crippen molar-refractivity contribution in [2.75, 3.05) is 18.5 Å². The molecular formula is C23H25N5O2. The number of nitrogens with zero attached hydrogens (tertiary/aromatic N) is 4. The first-order valence-electron chi connectivity index (χ1n) is 9.91. The van der Waals surface area contributed by atoms with Gasteiger partial charge in [0.2, 0.25) is 0 Å². The minimum Gasteiger partial charge on any atom is -0.491 e. The van der Waals surface area contributed by atoms with Crippen molar-refractivity contribution >= 4 is 11.6 Å². The van der Waals surface area contributed by atoms with Crippen molar-refractivity contribution in [2.45, 2.75) is 27.7 Å². The van der Waals surface area contributed by atoms with Gasteiger partial charge in [-0.2, -0.15) is 14.6 Å². The highest BCUT2D eigenvalue weighted by Gasteiger charge is 2.12. The highest BCUT2D eigenvalue weighted by atomic mass is 16.5. The SMILES string of the molecule is Cc1nc2ncnn2c(NCCOc2ccc(Oc3ccccc3)c(C)c2C)c1C. The van der Waals surface area contributed by atoms with Crippen LogP contribution in [-0.2, 0) is 0 Å². The number of ether oxygens (including phenoxy) is 2. The number of nitrogens with one attached hydrogen (secondary N) is 1. The van der Waals surface area contributed by atoms with Crippen molar-refractivity contribution in [3.8, 4) is 17.2 Å². The lowest BCUT2D eigenvalue weighted by atomic mass is 10.1. The van der Waals surface area contributed by atoms with Gasteiger partial charge in [-0.15, -0.1) is 0 Å². The molecule has 0 atom stereocenters. The molecule has 4 aromatic rings. The van der Waals surface area contributed by atoms with Gasteiger partial charge in [-0.05, 0) is 63.1 Å². The first kappa shape index (κ1) is 19.7. The summed E-state index contributed by atoms with van der Waals surface area (Å²) >= 11 is 0. The Balaban J connectivity index is 1.41. The zero-order valence-corrected chi connectivity index (χ0v) is 17.6. The Bertz CT molecular complexity index is 1170. The van der Waals surface area contributed by atoms with Crippen molar-refractivity contribution in [1.29, 1.82) is 0 Å². The summed E-state index contributed by atoms with van der Waals surface area (Å²) < 4.78 is 13.7. The lowest BCUT2D eigenvalue weighted by molar-refractivity contribution is 0.329. The Kier molecular flexibility index (Phi) is 5.52. The van der Waals surface area contributed by atoms with E-state index in [-0.39, 0.29) is 0 Å². The van der Waals surface area contributed by atoms with Crippen molar-refractivity contribution in [3.05, 3.63) is 71.2 Å². The van der Waals surface area contributed by atoms with Crippen LogP contribution in [0, 0.1) is 27.7 Å². The topological polar surface area (TPSA) is 73.6 Å². The van der Waals surface area contributed by atoms with E-state index >= 15 is 0 Å². The second-order valence-electron chi connectivity index (χ2n) is 7.14. The van der Waals surface area contributed by atoms with E-state index in [9.17, 15) is 0 Å². The second kappa shape index (κ2) is 8.41. The van der Waals surface area contributed by atoms with Crippen LogP contribution < -0.4 is 14.8 Å². The van der Waals surface area contributed by atoms with Gasteiger partial charge >= 0.3 is 0 Å². The van der Waals surface area contributed by atoms with Crippen LogP contribution in [0.25, 0.3) is 5.78 Å². The highest BCUT2D eigenvalue weighted by Crippen LogP contribution is 2.32. The molecule has 30 heavy (non-hydrogen) atoms. The molecule has 0 aliphatic carbocycles. The number of benzene rings is 2. The molecule has 154 valence electrons. The Morgan fingerprint density at radius 2 is 1.63 bits per heavy atom. The maximum Gasteiger partial charge on any atom is 0.254 e. The third-order valence-electron chi connectivity index (χ3n) is 5.22. The predicted octanol–water partition coefficient (Wildman–Crippen LogP) is 4.64. The molecule has 7 heteroatoms. The van der Waals surface area contributed by atoms with Crippen LogP contribution in [0.3, 0.4) is 0 Å². The first-order valence-corrected chi connectivity index (χ1v) is 9.91. The number of hydrogen-bond donors (Lipinski definition) is 1. The quantitative estimate of drug-likeness (QED) is 0.453. The Morgan fingerprint density at radius 3 is 2.43 bits per heavy atom. The van der Waals surface area contributed by atoms with Gasteiger partial charge in [-0.1, -0.05) is 18.2 Å². The smallest absolute Gasteiger partial charge is 0.254 e. The summed E-state index contributed by atoms with van der Waals surface area (Å²) in [6.07, 6.45) is 1.51. The van der Waals surface area contributed by atoms with Crippen LogP contribution in [0.5, 0.6) is 17.2 Å². The lowest BCUT2D eigenvalue weighted by Gasteiger charge is -2.16. The molecule has 2 aromatic carbocycles. The maximum absolute atomic E-state index is 6.03. The van der Waals surface area contributed by atoms with Gasteiger partial charge < -0.3 is 14.8 Å². The van der Waals surface area contributed by atoms with E-state index in [1.807, 2.05) is 70.2 Å². The summed E-state index contributed by atoms with van der Waals surface area (Å²) in [5, 5.41) is 7.66. The molecule has 2 aromatic heterocycles. The third kappa shape index (κ3) is 3.91. The van der Waals surface area contributed by atoms with Crippen LogP contribution in [-0.4, -0.2) is 32.7 Å². The molecule has 0 aliphatic heterocycles. The van der Waals surface area contributed by atoms with E-state index in [0.717, 1.165) is 45.5 Å². The van der Waals surface area contributed by atoms with Crippen LogP contribution in [0.1, 0.15) is 22.4 Å². The van der Waals surface area contributed by atoms with E-state index < -0.39 is 0 Å². The maximum atomic E-state index is 6.03. The van der Waals surface area contributed by atoms with E-state index in [1.54, 1.807) is 4.52 Å². The monoisotopic (exact) mass is 403 g/mol. The molecule has 2 heterocycles. The van der Waals surface area contributed by atoms with Gasteiger partial charge in [0.15, 0.2) is 0 Å². The van der Waals surface area contributed by atoms with E-state index in [0.29, 0.717) is 18.9 Å². The van der Waals surface area contributed by atoms with Crippen molar-refractivity contribution < 1.29 is 9.47 Å². The number of anilines is 1. The number of fused-ring (bicyclic) bond motifs is 1. The van der Waals surface area contributed by atoms with Gasteiger partial charge in [0.1, 0.15) is 36.0 Å². The second-order valence-corrected chi connectivity index (χ2v) is 7.14. The molecule has 7 nitrogen and oxygen atoms in total. The molecule has 0 saturated carbocycles. The van der Waals surface area contributed by atoms with Crippen LogP contribution >= 0.6 is 0 Å². The fourth-order valence-electron chi connectivity index (χ4n) is 3.22. The first-order chi connectivity index (χ1) is 14.5. The fourth-order valence-corrected chi connectivity index (χ4v) is 3.22.